The highest BCUT2D eigenvalue weighted by molar-refractivity contribution is 9.10. The zero-order valence-corrected chi connectivity index (χ0v) is 17.2. The molecule has 1 saturated carbocycles. The van der Waals surface area contributed by atoms with Crippen molar-refractivity contribution in [3.05, 3.63) is 34.3 Å². The van der Waals surface area contributed by atoms with Crippen molar-refractivity contribution in [2.45, 2.75) is 50.6 Å². The Balaban J connectivity index is 1.54. The van der Waals surface area contributed by atoms with E-state index in [9.17, 15) is 4.79 Å². The van der Waals surface area contributed by atoms with Crippen LogP contribution in [0.1, 0.15) is 48.9 Å². The monoisotopic (exact) mass is 420 g/mol. The third-order valence-corrected chi connectivity index (χ3v) is 7.29. The number of halogens is 1. The summed E-state index contributed by atoms with van der Waals surface area (Å²) in [7, 11) is 2.00. The number of nitrogens with zero attached hydrogens (tertiary/aromatic N) is 2. The number of carbonyl (C=O) groups is 1. The van der Waals surface area contributed by atoms with Gasteiger partial charge in [-0.1, -0.05) is 15.9 Å². The summed E-state index contributed by atoms with van der Waals surface area (Å²) in [6.07, 6.45) is 7.21. The highest BCUT2D eigenvalue weighted by Gasteiger charge is 2.47. The molecule has 2 aliphatic heterocycles. The smallest absolute Gasteiger partial charge is 0.253 e. The summed E-state index contributed by atoms with van der Waals surface area (Å²) in [6, 6.07) is 8.51. The summed E-state index contributed by atoms with van der Waals surface area (Å²) in [5, 5.41) is 0. The summed E-state index contributed by atoms with van der Waals surface area (Å²) in [6.45, 7) is 4.18. The number of rotatable bonds is 3. The Kier molecular flexibility index (Phi) is 5.40. The van der Waals surface area contributed by atoms with Gasteiger partial charge >= 0.3 is 0 Å². The van der Waals surface area contributed by atoms with Gasteiger partial charge < -0.3 is 9.64 Å². The molecule has 0 aromatic heterocycles. The zero-order valence-electron chi connectivity index (χ0n) is 15.6. The fourth-order valence-corrected chi connectivity index (χ4v) is 5.44. The molecule has 1 amide bonds. The summed E-state index contributed by atoms with van der Waals surface area (Å²) in [5.74, 6) is 0.144. The first kappa shape index (κ1) is 18.5. The molecule has 1 aromatic rings. The van der Waals surface area contributed by atoms with E-state index in [4.69, 9.17) is 4.74 Å². The molecule has 1 spiro atoms. The molecule has 1 unspecified atom stereocenters. The Morgan fingerprint density at radius 2 is 1.96 bits per heavy atom. The molecule has 2 saturated heterocycles. The summed E-state index contributed by atoms with van der Waals surface area (Å²) < 4.78 is 6.78. The van der Waals surface area contributed by atoms with Crippen molar-refractivity contribution in [1.29, 1.82) is 0 Å². The topological polar surface area (TPSA) is 32.8 Å². The normalized spacial score (nSPS) is 32.2. The van der Waals surface area contributed by atoms with Crippen molar-refractivity contribution in [3.8, 4) is 0 Å². The lowest BCUT2D eigenvalue weighted by Crippen LogP contribution is -2.56. The molecule has 4 nitrogen and oxygen atoms in total. The van der Waals surface area contributed by atoms with Gasteiger partial charge in [0.2, 0.25) is 0 Å². The maximum atomic E-state index is 13.1. The number of likely N-dealkylation sites (N-methyl/N-ethyl adjacent to an activating group) is 1. The molecule has 0 N–H and O–H groups in total. The predicted octanol–water partition coefficient (Wildman–Crippen LogP) is 3.94. The first-order valence-electron chi connectivity index (χ1n) is 9.93. The Hall–Kier alpha value is -0.910. The minimum Gasteiger partial charge on any atom is -0.381 e. The number of likely N-dealkylation sites (tertiary alicyclic amines) is 1. The van der Waals surface area contributed by atoms with Crippen molar-refractivity contribution in [3.63, 3.8) is 0 Å². The molecule has 3 fully saturated rings. The molecule has 3 atom stereocenters. The van der Waals surface area contributed by atoms with E-state index in [1.165, 1.54) is 45.2 Å². The van der Waals surface area contributed by atoms with E-state index in [2.05, 4.69) is 20.8 Å². The Labute approximate surface area is 165 Å². The molecule has 0 radical (unpaired) electrons. The van der Waals surface area contributed by atoms with Crippen LogP contribution in [0.5, 0.6) is 0 Å². The van der Waals surface area contributed by atoms with Crippen molar-refractivity contribution < 1.29 is 9.53 Å². The quantitative estimate of drug-likeness (QED) is 0.741. The average molecular weight is 421 g/mol. The van der Waals surface area contributed by atoms with Crippen LogP contribution in [0.25, 0.3) is 0 Å². The Morgan fingerprint density at radius 1 is 1.23 bits per heavy atom. The minimum atomic E-state index is 0.144. The predicted molar refractivity (Wildman–Crippen MR) is 106 cm³/mol. The van der Waals surface area contributed by atoms with Crippen molar-refractivity contribution in [1.82, 2.24) is 9.80 Å². The van der Waals surface area contributed by atoms with Crippen LogP contribution in [0.4, 0.5) is 0 Å². The number of hydrogen-bond acceptors (Lipinski definition) is 3. The average Bonchev–Trinajstić information content (AvgIpc) is 3.34. The molecule has 26 heavy (non-hydrogen) atoms. The second kappa shape index (κ2) is 7.61. The number of ether oxygens (including phenoxy) is 1. The van der Waals surface area contributed by atoms with Gasteiger partial charge in [0, 0.05) is 35.8 Å². The van der Waals surface area contributed by atoms with Crippen LogP contribution in [0.2, 0.25) is 0 Å². The SMILES string of the molecule is CN(C(=O)c1ccc(Br)cc1)C1CC[C@]2(CCOC2)C[C@@H]1N1CCCC1. The fourth-order valence-electron chi connectivity index (χ4n) is 5.18. The van der Waals surface area contributed by atoms with Crippen LogP contribution in [-0.2, 0) is 4.74 Å². The molecule has 1 aliphatic carbocycles. The first-order valence-corrected chi connectivity index (χ1v) is 10.7. The lowest BCUT2D eigenvalue weighted by molar-refractivity contribution is 0.0105. The summed E-state index contributed by atoms with van der Waals surface area (Å²) in [4.78, 5) is 17.8. The van der Waals surface area contributed by atoms with Crippen LogP contribution < -0.4 is 0 Å². The fraction of sp³-hybridized carbons (Fsp3) is 0.667. The Morgan fingerprint density at radius 3 is 2.62 bits per heavy atom. The highest BCUT2D eigenvalue weighted by atomic mass is 79.9. The largest absolute Gasteiger partial charge is 0.381 e. The molecule has 1 aromatic carbocycles. The van der Waals surface area contributed by atoms with Gasteiger partial charge in [-0.3, -0.25) is 9.69 Å². The van der Waals surface area contributed by atoms with Crippen LogP contribution >= 0.6 is 15.9 Å². The number of benzene rings is 1. The molecule has 142 valence electrons. The maximum Gasteiger partial charge on any atom is 0.253 e. The van der Waals surface area contributed by atoms with Gasteiger partial charge in [0.25, 0.3) is 5.91 Å². The summed E-state index contributed by atoms with van der Waals surface area (Å²) >= 11 is 3.45. The van der Waals surface area contributed by atoms with E-state index in [0.29, 0.717) is 17.5 Å². The van der Waals surface area contributed by atoms with Crippen LogP contribution in [0, 0.1) is 5.41 Å². The van der Waals surface area contributed by atoms with Gasteiger partial charge in [0.15, 0.2) is 0 Å². The lowest BCUT2D eigenvalue weighted by atomic mass is 9.69. The summed E-state index contributed by atoms with van der Waals surface area (Å²) in [5.41, 5.74) is 1.13. The molecular formula is C21H29BrN2O2. The van der Waals surface area contributed by atoms with E-state index in [1.54, 1.807) is 0 Å². The van der Waals surface area contributed by atoms with Crippen LogP contribution in [0.15, 0.2) is 28.7 Å². The second-order valence-electron chi connectivity index (χ2n) is 8.35. The van der Waals surface area contributed by atoms with E-state index < -0.39 is 0 Å². The van der Waals surface area contributed by atoms with Crippen LogP contribution in [0.3, 0.4) is 0 Å². The van der Waals surface area contributed by atoms with Crippen molar-refractivity contribution >= 4 is 21.8 Å². The number of amides is 1. The molecule has 0 bridgehead atoms. The van der Waals surface area contributed by atoms with Gasteiger partial charge in [0.1, 0.15) is 0 Å². The van der Waals surface area contributed by atoms with E-state index >= 15 is 0 Å². The molecular weight excluding hydrogens is 392 g/mol. The zero-order chi connectivity index (χ0) is 18.1. The Bertz CT molecular complexity index is 636. The van der Waals surface area contributed by atoms with Gasteiger partial charge in [-0.05, 0) is 81.3 Å². The van der Waals surface area contributed by atoms with Crippen LogP contribution in [-0.4, -0.2) is 61.1 Å². The third kappa shape index (κ3) is 3.58. The maximum absolute atomic E-state index is 13.1. The van der Waals surface area contributed by atoms with Crippen molar-refractivity contribution in [2.75, 3.05) is 33.4 Å². The van der Waals surface area contributed by atoms with E-state index in [-0.39, 0.29) is 5.91 Å². The molecule has 3 aliphatic rings. The lowest BCUT2D eigenvalue weighted by Gasteiger charge is -2.48. The number of carbonyl (C=O) groups excluding carboxylic acids is 1. The number of hydrogen-bond donors (Lipinski definition) is 0. The van der Waals surface area contributed by atoms with Gasteiger partial charge in [0.05, 0.1) is 6.61 Å². The minimum absolute atomic E-state index is 0.144. The van der Waals surface area contributed by atoms with E-state index in [0.717, 1.165) is 29.7 Å². The standard InChI is InChI=1S/C21H29BrN2O2/c1-23(20(25)16-4-6-17(22)7-5-16)18-8-9-21(10-13-26-15-21)14-19(18)24-11-2-3-12-24/h4-7,18-19H,2-3,8-15H2,1H3/t18?,19-,21-/m0/s1. The first-order chi connectivity index (χ1) is 12.6. The molecule has 2 heterocycles. The van der Waals surface area contributed by atoms with Gasteiger partial charge in [-0.25, -0.2) is 0 Å². The van der Waals surface area contributed by atoms with Gasteiger partial charge in [-0.2, -0.15) is 0 Å². The van der Waals surface area contributed by atoms with E-state index in [1.807, 2.05) is 36.2 Å². The third-order valence-electron chi connectivity index (χ3n) is 6.76. The van der Waals surface area contributed by atoms with Gasteiger partial charge in [-0.15, -0.1) is 0 Å². The second-order valence-corrected chi connectivity index (χ2v) is 9.26. The molecule has 5 heteroatoms. The highest BCUT2D eigenvalue weighted by Crippen LogP contribution is 2.46. The van der Waals surface area contributed by atoms with Crippen molar-refractivity contribution in [2.24, 2.45) is 5.41 Å². The molecule has 4 rings (SSSR count).